The van der Waals surface area contributed by atoms with Crippen LogP contribution in [-0.4, -0.2) is 32.1 Å². The standard InChI is InChI=1S/C20H18F3N5O2/c21-20(22,23)14-3-5-17(24-12-14)27-7-9-28(10-8-27)18-6-4-15(13-25-18)26-19(29)16-2-1-11-30-16/h1-6,11-13H,7-10H2,(H,26,29)/p+2. The summed E-state index contributed by atoms with van der Waals surface area (Å²) < 4.78 is 43.2. The Morgan fingerprint density at radius 1 is 0.933 bits per heavy atom. The molecule has 10 heteroatoms. The van der Waals surface area contributed by atoms with Crippen LogP contribution >= 0.6 is 0 Å². The van der Waals surface area contributed by atoms with Gasteiger partial charge in [0.2, 0.25) is 0 Å². The number of halogens is 3. The zero-order valence-corrected chi connectivity index (χ0v) is 15.9. The minimum Gasteiger partial charge on any atom is -0.459 e. The lowest BCUT2D eigenvalue weighted by molar-refractivity contribution is -0.368. The van der Waals surface area contributed by atoms with Crippen LogP contribution < -0.4 is 25.1 Å². The monoisotopic (exact) mass is 419 g/mol. The van der Waals surface area contributed by atoms with Crippen molar-refractivity contribution in [3.63, 3.8) is 0 Å². The highest BCUT2D eigenvalue weighted by Crippen LogP contribution is 2.28. The lowest BCUT2D eigenvalue weighted by Gasteiger charge is -2.26. The van der Waals surface area contributed by atoms with Gasteiger partial charge in [-0.3, -0.25) is 14.6 Å². The molecule has 0 atom stereocenters. The molecule has 3 aromatic heterocycles. The Kier molecular flexibility index (Phi) is 5.30. The van der Waals surface area contributed by atoms with Crippen molar-refractivity contribution < 1.29 is 32.4 Å². The first kappa shape index (κ1) is 19.7. The number of H-pyrrole nitrogens is 2. The molecule has 3 N–H and O–H groups in total. The van der Waals surface area contributed by atoms with Crippen molar-refractivity contribution in [3.05, 3.63) is 66.4 Å². The first-order valence-electron chi connectivity index (χ1n) is 9.35. The summed E-state index contributed by atoms with van der Waals surface area (Å²) in [7, 11) is 0. The number of furan rings is 1. The van der Waals surface area contributed by atoms with Gasteiger partial charge in [0, 0.05) is 12.1 Å². The molecule has 0 saturated carbocycles. The van der Waals surface area contributed by atoms with Crippen LogP contribution in [0.1, 0.15) is 16.1 Å². The number of aromatic nitrogens is 2. The summed E-state index contributed by atoms with van der Waals surface area (Å²) in [5, 5.41) is 2.74. The van der Waals surface area contributed by atoms with Gasteiger partial charge < -0.3 is 9.73 Å². The number of nitrogens with one attached hydrogen (secondary N) is 3. The van der Waals surface area contributed by atoms with E-state index in [1.807, 2.05) is 11.0 Å². The second-order valence-electron chi connectivity index (χ2n) is 6.83. The van der Waals surface area contributed by atoms with Crippen LogP contribution in [0, 0.1) is 0 Å². The Labute approximate surface area is 170 Å². The van der Waals surface area contributed by atoms with E-state index in [1.54, 1.807) is 24.4 Å². The van der Waals surface area contributed by atoms with Crippen molar-refractivity contribution in [2.24, 2.45) is 0 Å². The van der Waals surface area contributed by atoms with Gasteiger partial charge in [0.25, 0.3) is 17.5 Å². The molecule has 0 spiro atoms. The lowest BCUT2D eigenvalue weighted by Crippen LogP contribution is -2.49. The highest BCUT2D eigenvalue weighted by atomic mass is 19.4. The van der Waals surface area contributed by atoms with E-state index in [2.05, 4.69) is 20.2 Å². The molecule has 0 aromatic carbocycles. The van der Waals surface area contributed by atoms with E-state index >= 15 is 0 Å². The van der Waals surface area contributed by atoms with Crippen LogP contribution in [-0.2, 0) is 6.18 Å². The fourth-order valence-corrected chi connectivity index (χ4v) is 3.27. The molecule has 30 heavy (non-hydrogen) atoms. The van der Waals surface area contributed by atoms with Crippen LogP contribution in [0.5, 0.6) is 0 Å². The smallest absolute Gasteiger partial charge is 0.419 e. The van der Waals surface area contributed by atoms with Crippen molar-refractivity contribution in [2.45, 2.75) is 6.18 Å². The van der Waals surface area contributed by atoms with Crippen molar-refractivity contribution in [2.75, 3.05) is 41.3 Å². The third-order valence-corrected chi connectivity index (χ3v) is 4.88. The van der Waals surface area contributed by atoms with Crippen LogP contribution in [0.15, 0.2) is 59.5 Å². The number of nitrogens with zero attached hydrogens (tertiary/aromatic N) is 2. The third kappa shape index (κ3) is 4.37. The van der Waals surface area contributed by atoms with E-state index in [4.69, 9.17) is 4.42 Å². The number of amides is 1. The van der Waals surface area contributed by atoms with Crippen molar-refractivity contribution in [3.8, 4) is 0 Å². The highest BCUT2D eigenvalue weighted by molar-refractivity contribution is 6.02. The molecule has 4 heterocycles. The molecule has 156 valence electrons. The zero-order valence-electron chi connectivity index (χ0n) is 15.9. The Hall–Kier alpha value is -3.56. The van der Waals surface area contributed by atoms with Gasteiger partial charge in [0.1, 0.15) is 38.6 Å². The maximum absolute atomic E-state index is 12.7. The van der Waals surface area contributed by atoms with E-state index in [-0.39, 0.29) is 11.7 Å². The molecule has 3 aromatic rings. The van der Waals surface area contributed by atoms with Crippen molar-refractivity contribution in [1.82, 2.24) is 0 Å². The van der Waals surface area contributed by atoms with Gasteiger partial charge in [0.15, 0.2) is 5.76 Å². The molecule has 4 rings (SSSR count). The Morgan fingerprint density at radius 2 is 1.57 bits per heavy atom. The quantitative estimate of drug-likeness (QED) is 0.705. The Balaban J connectivity index is 1.33. The molecule has 1 aliphatic rings. The summed E-state index contributed by atoms with van der Waals surface area (Å²) in [4.78, 5) is 22.1. The zero-order chi connectivity index (χ0) is 21.1. The van der Waals surface area contributed by atoms with Gasteiger partial charge in [-0.15, -0.1) is 0 Å². The summed E-state index contributed by atoms with van der Waals surface area (Å²) >= 11 is 0. The van der Waals surface area contributed by atoms with E-state index in [1.165, 1.54) is 12.3 Å². The molecule has 7 nitrogen and oxygen atoms in total. The number of hydrogen-bond acceptors (Lipinski definition) is 4. The molecular weight excluding hydrogens is 399 g/mol. The van der Waals surface area contributed by atoms with Crippen LogP contribution in [0.2, 0.25) is 0 Å². The maximum Gasteiger partial charge on any atom is 0.419 e. The number of rotatable bonds is 4. The van der Waals surface area contributed by atoms with Gasteiger partial charge in [-0.25, -0.2) is 9.97 Å². The van der Waals surface area contributed by atoms with E-state index in [9.17, 15) is 18.0 Å². The van der Waals surface area contributed by atoms with Gasteiger partial charge in [-0.05, 0) is 24.3 Å². The summed E-state index contributed by atoms with van der Waals surface area (Å²) in [6.07, 6.45) is -0.225. The Morgan fingerprint density at radius 3 is 2.03 bits per heavy atom. The summed E-state index contributed by atoms with van der Waals surface area (Å²) in [6, 6.07) is 9.44. The fourth-order valence-electron chi connectivity index (χ4n) is 3.27. The molecule has 1 saturated heterocycles. The van der Waals surface area contributed by atoms with Gasteiger partial charge in [-0.2, -0.15) is 13.2 Å². The van der Waals surface area contributed by atoms with Crippen LogP contribution in [0.25, 0.3) is 0 Å². The van der Waals surface area contributed by atoms with E-state index in [0.29, 0.717) is 37.7 Å². The number of pyridine rings is 2. The fraction of sp³-hybridized carbons (Fsp3) is 0.250. The minimum atomic E-state index is -4.35. The lowest BCUT2D eigenvalue weighted by atomic mass is 10.2. The highest BCUT2D eigenvalue weighted by Gasteiger charge is 2.33. The molecule has 0 bridgehead atoms. The number of piperazine rings is 1. The molecule has 1 aliphatic heterocycles. The maximum atomic E-state index is 12.7. The van der Waals surface area contributed by atoms with Crippen LogP contribution in [0.4, 0.5) is 30.5 Å². The summed E-state index contributed by atoms with van der Waals surface area (Å²) in [5.74, 6) is 1.45. The largest absolute Gasteiger partial charge is 0.459 e. The summed E-state index contributed by atoms with van der Waals surface area (Å²) in [6.45, 7) is 2.71. The number of hydrogen-bond donors (Lipinski definition) is 1. The number of aromatic amines is 2. The Bertz CT molecular complexity index is 981. The van der Waals surface area contributed by atoms with Gasteiger partial charge in [0.05, 0.1) is 17.5 Å². The first-order chi connectivity index (χ1) is 14.4. The normalized spacial score (nSPS) is 14.6. The topological polar surface area (TPSA) is 77.0 Å². The second-order valence-corrected chi connectivity index (χ2v) is 6.83. The number of anilines is 3. The number of carbonyl (C=O) groups excluding carboxylic acids is 1. The van der Waals surface area contributed by atoms with Crippen molar-refractivity contribution >= 4 is 23.2 Å². The van der Waals surface area contributed by atoms with E-state index < -0.39 is 11.7 Å². The van der Waals surface area contributed by atoms with Gasteiger partial charge >= 0.3 is 6.18 Å². The molecule has 1 amide bonds. The summed E-state index contributed by atoms with van der Waals surface area (Å²) in [5.41, 5.74) is -0.0862. The average molecular weight is 419 g/mol. The van der Waals surface area contributed by atoms with E-state index in [0.717, 1.165) is 18.1 Å². The van der Waals surface area contributed by atoms with Crippen LogP contribution in [0.3, 0.4) is 0 Å². The average Bonchev–Trinajstić information content (AvgIpc) is 3.29. The molecule has 0 radical (unpaired) electrons. The predicted octanol–water partition coefficient (Wildman–Crippen LogP) is 2.51. The molecule has 0 aliphatic carbocycles. The first-order valence-corrected chi connectivity index (χ1v) is 9.35. The second kappa shape index (κ2) is 8.05. The third-order valence-electron chi connectivity index (χ3n) is 4.88. The molecule has 0 unspecified atom stereocenters. The van der Waals surface area contributed by atoms with Crippen molar-refractivity contribution in [1.29, 1.82) is 0 Å². The minimum absolute atomic E-state index is 0.232. The molecule has 1 fully saturated rings. The predicted molar refractivity (Wildman–Crippen MR) is 102 cm³/mol. The number of alkyl halides is 3. The molecular formula is C20H20F3N5O2+2. The number of carbonyl (C=O) groups is 1. The SMILES string of the molecule is O=C(Nc1ccc(N2CCN(c3ccc(C(F)(F)F)c[nH+]3)CC2)[nH+]c1)c1ccco1. The van der Waals surface area contributed by atoms with Gasteiger partial charge in [-0.1, -0.05) is 0 Å².